The molecular weight excluding hydrogens is 248 g/mol. The van der Waals surface area contributed by atoms with Crippen LogP contribution >= 0.6 is 0 Å². The molecule has 0 atom stereocenters. The van der Waals surface area contributed by atoms with Gasteiger partial charge in [0.2, 0.25) is 0 Å². The van der Waals surface area contributed by atoms with Crippen LogP contribution in [0.15, 0.2) is 60.1 Å². The highest BCUT2D eigenvalue weighted by atomic mass is 16.6. The summed E-state index contributed by atoms with van der Waals surface area (Å²) in [4.78, 5) is 21.2. The number of aliphatic carboxylic acids is 1. The number of nitro groups is 1. The Labute approximate surface area is 110 Å². The van der Waals surface area contributed by atoms with Crippen LogP contribution in [0, 0.1) is 10.1 Å². The second kappa shape index (κ2) is 6.34. The first-order chi connectivity index (χ1) is 8.95. The number of nitrogens with one attached hydrogen (secondary N) is 1. The van der Waals surface area contributed by atoms with Gasteiger partial charge in [-0.1, -0.05) is 25.3 Å². The molecule has 1 rings (SSSR count). The Balaban J connectivity index is 3.01. The molecule has 0 aromatic rings. The average Bonchev–Trinajstić information content (AvgIpc) is 2.36. The minimum Gasteiger partial charge on any atom is -0.478 e. The number of carboxylic acids is 1. The van der Waals surface area contributed by atoms with E-state index in [-0.39, 0.29) is 24.1 Å². The summed E-state index contributed by atoms with van der Waals surface area (Å²) in [6.07, 6.45) is 6.40. The summed E-state index contributed by atoms with van der Waals surface area (Å²) in [5, 5.41) is 22.6. The highest BCUT2D eigenvalue weighted by Gasteiger charge is 2.25. The van der Waals surface area contributed by atoms with E-state index in [9.17, 15) is 14.9 Å². The number of carbonyl (C=O) groups is 1. The van der Waals surface area contributed by atoms with Crippen molar-refractivity contribution in [2.24, 2.45) is 0 Å². The number of hydrogen-bond acceptors (Lipinski definition) is 4. The van der Waals surface area contributed by atoms with Gasteiger partial charge in [-0.25, -0.2) is 4.79 Å². The molecule has 0 saturated heterocycles. The van der Waals surface area contributed by atoms with Crippen LogP contribution in [0.2, 0.25) is 0 Å². The molecule has 0 amide bonds. The first kappa shape index (κ1) is 14.4. The van der Waals surface area contributed by atoms with Crippen molar-refractivity contribution in [2.45, 2.75) is 12.8 Å². The van der Waals surface area contributed by atoms with Crippen molar-refractivity contribution < 1.29 is 14.8 Å². The minimum atomic E-state index is -1.14. The van der Waals surface area contributed by atoms with Gasteiger partial charge in [-0.2, -0.15) is 0 Å². The fourth-order valence-corrected chi connectivity index (χ4v) is 1.59. The largest absolute Gasteiger partial charge is 0.478 e. The molecule has 2 N–H and O–H groups in total. The van der Waals surface area contributed by atoms with Crippen LogP contribution in [0.4, 0.5) is 0 Å². The first-order valence-corrected chi connectivity index (χ1v) is 5.52. The van der Waals surface area contributed by atoms with Crippen molar-refractivity contribution in [1.29, 1.82) is 0 Å². The van der Waals surface area contributed by atoms with E-state index in [1.165, 1.54) is 0 Å². The molecule has 6 nitrogen and oxygen atoms in total. The molecule has 0 radical (unpaired) electrons. The molecule has 0 bridgehead atoms. The van der Waals surface area contributed by atoms with Crippen LogP contribution in [0.5, 0.6) is 0 Å². The molecule has 100 valence electrons. The fourth-order valence-electron chi connectivity index (χ4n) is 1.59. The van der Waals surface area contributed by atoms with Crippen LogP contribution in [0.3, 0.4) is 0 Å². The Morgan fingerprint density at radius 2 is 2.21 bits per heavy atom. The van der Waals surface area contributed by atoms with Crippen molar-refractivity contribution in [1.82, 2.24) is 5.32 Å². The quantitative estimate of drug-likeness (QED) is 0.434. The Morgan fingerprint density at radius 1 is 1.53 bits per heavy atom. The zero-order valence-corrected chi connectivity index (χ0v) is 10.3. The Morgan fingerprint density at radius 3 is 2.74 bits per heavy atom. The van der Waals surface area contributed by atoms with Gasteiger partial charge in [0.1, 0.15) is 0 Å². The van der Waals surface area contributed by atoms with Crippen molar-refractivity contribution >= 4 is 5.97 Å². The van der Waals surface area contributed by atoms with Gasteiger partial charge in [0.05, 0.1) is 10.6 Å². The van der Waals surface area contributed by atoms with E-state index < -0.39 is 10.9 Å². The lowest BCUT2D eigenvalue weighted by Crippen LogP contribution is -2.20. The molecule has 0 fully saturated rings. The summed E-state index contributed by atoms with van der Waals surface area (Å²) in [5.74, 6) is -1.14. The van der Waals surface area contributed by atoms with Crippen LogP contribution in [0.1, 0.15) is 12.8 Å². The number of nitrogens with zero attached hydrogens (tertiary/aromatic N) is 1. The number of allylic oxidation sites excluding steroid dienone is 5. The highest BCUT2D eigenvalue weighted by molar-refractivity contribution is 5.87. The lowest BCUT2D eigenvalue weighted by atomic mass is 10.0. The van der Waals surface area contributed by atoms with Gasteiger partial charge in [0.15, 0.2) is 0 Å². The number of rotatable bonds is 6. The smallest absolute Gasteiger partial charge is 0.331 e. The van der Waals surface area contributed by atoms with E-state index in [0.29, 0.717) is 11.4 Å². The van der Waals surface area contributed by atoms with Crippen LogP contribution < -0.4 is 5.32 Å². The predicted octanol–water partition coefficient (Wildman–Crippen LogP) is 2.12. The number of carboxylic acid groups (broad SMARTS) is 1. The lowest BCUT2D eigenvalue weighted by molar-refractivity contribution is -0.420. The molecule has 0 unspecified atom stereocenters. The van der Waals surface area contributed by atoms with Gasteiger partial charge < -0.3 is 10.4 Å². The lowest BCUT2D eigenvalue weighted by Gasteiger charge is -2.15. The van der Waals surface area contributed by atoms with Gasteiger partial charge in [-0.15, -0.1) is 0 Å². The minimum absolute atomic E-state index is 0.0319. The Hall–Kier alpha value is -2.63. The zero-order chi connectivity index (χ0) is 14.4. The molecule has 1 aliphatic rings. The topological polar surface area (TPSA) is 92.5 Å². The zero-order valence-electron chi connectivity index (χ0n) is 10.3. The van der Waals surface area contributed by atoms with Crippen molar-refractivity contribution in [3.63, 3.8) is 0 Å². The van der Waals surface area contributed by atoms with E-state index in [1.807, 2.05) is 0 Å². The summed E-state index contributed by atoms with van der Waals surface area (Å²) < 4.78 is 0. The van der Waals surface area contributed by atoms with E-state index in [0.717, 1.165) is 6.08 Å². The standard InChI is InChI=1S/C13H14N2O4/c1-3-4-5-9(2)14-11-7-6-10(13(16)17)8-12(11)15(18)19/h3-5,8,14H,1-2,6-7H2,(H,16,17)/b5-4-. The second-order valence-electron chi connectivity index (χ2n) is 3.84. The third-order valence-electron chi connectivity index (χ3n) is 2.48. The average molecular weight is 262 g/mol. The summed E-state index contributed by atoms with van der Waals surface area (Å²) in [7, 11) is 0. The van der Waals surface area contributed by atoms with E-state index in [1.54, 1.807) is 18.2 Å². The van der Waals surface area contributed by atoms with E-state index >= 15 is 0 Å². The van der Waals surface area contributed by atoms with Crippen LogP contribution in [-0.2, 0) is 4.79 Å². The predicted molar refractivity (Wildman–Crippen MR) is 70.6 cm³/mol. The normalized spacial score (nSPS) is 15.1. The third-order valence-corrected chi connectivity index (χ3v) is 2.48. The summed E-state index contributed by atoms with van der Waals surface area (Å²) in [6.45, 7) is 7.20. The summed E-state index contributed by atoms with van der Waals surface area (Å²) in [5.41, 5.74) is 0.622. The summed E-state index contributed by atoms with van der Waals surface area (Å²) >= 11 is 0. The molecule has 19 heavy (non-hydrogen) atoms. The maximum absolute atomic E-state index is 10.9. The molecule has 0 saturated carbocycles. The molecule has 6 heteroatoms. The van der Waals surface area contributed by atoms with Crippen molar-refractivity contribution in [2.75, 3.05) is 0 Å². The number of hydrogen-bond donors (Lipinski definition) is 2. The second-order valence-corrected chi connectivity index (χ2v) is 3.84. The monoisotopic (exact) mass is 262 g/mol. The van der Waals surface area contributed by atoms with Crippen LogP contribution in [0.25, 0.3) is 0 Å². The van der Waals surface area contributed by atoms with Gasteiger partial charge in [0, 0.05) is 17.3 Å². The Bertz CT molecular complexity index is 527. The molecule has 0 aliphatic heterocycles. The van der Waals surface area contributed by atoms with Crippen molar-refractivity contribution in [3.8, 4) is 0 Å². The maximum atomic E-state index is 10.9. The van der Waals surface area contributed by atoms with E-state index in [2.05, 4.69) is 18.5 Å². The van der Waals surface area contributed by atoms with Gasteiger partial charge in [-0.3, -0.25) is 10.1 Å². The first-order valence-electron chi connectivity index (χ1n) is 5.52. The maximum Gasteiger partial charge on any atom is 0.331 e. The van der Waals surface area contributed by atoms with E-state index in [4.69, 9.17) is 5.11 Å². The molecule has 0 heterocycles. The van der Waals surface area contributed by atoms with Gasteiger partial charge >= 0.3 is 5.97 Å². The summed E-state index contributed by atoms with van der Waals surface area (Å²) in [6, 6.07) is 0. The molecule has 0 aromatic carbocycles. The molecule has 0 spiro atoms. The molecule has 1 aliphatic carbocycles. The fraction of sp³-hybridized carbons (Fsp3) is 0.154. The Kier molecular flexibility index (Phi) is 4.82. The van der Waals surface area contributed by atoms with Gasteiger partial charge in [0.25, 0.3) is 5.70 Å². The molecule has 0 aromatic heterocycles. The van der Waals surface area contributed by atoms with Crippen molar-refractivity contribution in [3.05, 3.63) is 70.2 Å². The highest BCUT2D eigenvalue weighted by Crippen LogP contribution is 2.23. The molecular formula is C13H14N2O4. The van der Waals surface area contributed by atoms with Gasteiger partial charge in [-0.05, 0) is 18.9 Å². The SMILES string of the molecule is C=C/C=C\C(=C)NC1=C([N+](=O)[O-])C=C(C(=O)O)CC1. The third kappa shape index (κ3) is 3.95. The van der Waals surface area contributed by atoms with Crippen LogP contribution in [-0.4, -0.2) is 16.0 Å².